The molecule has 0 fully saturated rings. The van der Waals surface area contributed by atoms with Crippen LogP contribution in [0.5, 0.6) is 5.75 Å². The number of para-hydroxylation sites is 2. The van der Waals surface area contributed by atoms with Crippen molar-refractivity contribution in [3.05, 3.63) is 63.7 Å². The normalized spacial score (nSPS) is 11.1. The van der Waals surface area contributed by atoms with Crippen LogP contribution in [0.25, 0.3) is 16.7 Å². The fourth-order valence-electron chi connectivity index (χ4n) is 3.15. The highest BCUT2D eigenvalue weighted by atomic mass is 35.5. The van der Waals surface area contributed by atoms with Gasteiger partial charge in [-0.25, -0.2) is 0 Å². The summed E-state index contributed by atoms with van der Waals surface area (Å²) in [5.74, 6) is 0.747. The molecule has 4 aromatic rings. The number of hydrogen-bond donors (Lipinski definition) is 1. The number of anilines is 1. The molecule has 0 aliphatic heterocycles. The first kappa shape index (κ1) is 18.0. The molecule has 8 nitrogen and oxygen atoms in total. The van der Waals surface area contributed by atoms with Gasteiger partial charge in [0, 0.05) is 5.69 Å². The Bertz CT molecular complexity index is 1280. The maximum absolute atomic E-state index is 12.9. The Balaban J connectivity index is 1.73. The van der Waals surface area contributed by atoms with E-state index in [1.54, 1.807) is 35.6 Å². The Hall–Kier alpha value is -3.39. The molecule has 142 valence electrons. The Labute approximate surface area is 164 Å². The van der Waals surface area contributed by atoms with Crippen molar-refractivity contribution < 1.29 is 9.53 Å². The van der Waals surface area contributed by atoms with Gasteiger partial charge in [0.15, 0.2) is 0 Å². The van der Waals surface area contributed by atoms with Crippen LogP contribution in [0.4, 0.5) is 5.69 Å². The second kappa shape index (κ2) is 6.97. The SMILES string of the molecule is COc1ccc(NC(=O)Cn2c(=O)c3nnc(C)n3c3ccccc32)cc1Cl. The van der Waals surface area contributed by atoms with Crippen LogP contribution >= 0.6 is 11.6 Å². The third-order valence-electron chi connectivity index (χ3n) is 4.41. The number of halogens is 1. The van der Waals surface area contributed by atoms with Crippen LogP contribution in [0.1, 0.15) is 5.82 Å². The Kier molecular flexibility index (Phi) is 4.48. The maximum Gasteiger partial charge on any atom is 0.297 e. The molecule has 4 rings (SSSR count). The summed E-state index contributed by atoms with van der Waals surface area (Å²) >= 11 is 6.09. The highest BCUT2D eigenvalue weighted by Gasteiger charge is 2.16. The number of benzene rings is 2. The van der Waals surface area contributed by atoms with E-state index in [-0.39, 0.29) is 23.7 Å². The minimum Gasteiger partial charge on any atom is -0.495 e. The lowest BCUT2D eigenvalue weighted by Crippen LogP contribution is -2.29. The molecule has 0 radical (unpaired) electrons. The quantitative estimate of drug-likeness (QED) is 0.571. The number of rotatable bonds is 4. The van der Waals surface area contributed by atoms with Crippen LogP contribution in [-0.4, -0.2) is 32.2 Å². The number of carbonyl (C=O) groups is 1. The molecule has 0 saturated heterocycles. The van der Waals surface area contributed by atoms with Crippen LogP contribution in [0, 0.1) is 6.92 Å². The molecular formula is C19H16ClN5O3. The molecule has 2 heterocycles. The second-order valence-corrected chi connectivity index (χ2v) is 6.59. The summed E-state index contributed by atoms with van der Waals surface area (Å²) in [6.07, 6.45) is 0. The van der Waals surface area contributed by atoms with Crippen molar-refractivity contribution in [3.63, 3.8) is 0 Å². The van der Waals surface area contributed by atoms with Gasteiger partial charge in [0.1, 0.15) is 18.1 Å². The van der Waals surface area contributed by atoms with Gasteiger partial charge >= 0.3 is 0 Å². The summed E-state index contributed by atoms with van der Waals surface area (Å²) in [6.45, 7) is 1.60. The average molecular weight is 398 g/mol. The fraction of sp³-hybridized carbons (Fsp3) is 0.158. The molecule has 2 aromatic heterocycles. The molecule has 0 unspecified atom stereocenters. The van der Waals surface area contributed by atoms with E-state index in [4.69, 9.17) is 16.3 Å². The predicted molar refractivity (Wildman–Crippen MR) is 106 cm³/mol. The van der Waals surface area contributed by atoms with Gasteiger partial charge < -0.3 is 10.1 Å². The molecule has 0 saturated carbocycles. The molecule has 28 heavy (non-hydrogen) atoms. The van der Waals surface area contributed by atoms with E-state index in [9.17, 15) is 9.59 Å². The third-order valence-corrected chi connectivity index (χ3v) is 4.71. The van der Waals surface area contributed by atoms with E-state index in [0.29, 0.717) is 27.8 Å². The molecule has 0 bridgehead atoms. The Morgan fingerprint density at radius 1 is 1.18 bits per heavy atom. The zero-order chi connectivity index (χ0) is 19.8. The van der Waals surface area contributed by atoms with Crippen LogP contribution in [0.15, 0.2) is 47.3 Å². The molecule has 0 spiro atoms. The lowest BCUT2D eigenvalue weighted by atomic mass is 10.2. The van der Waals surface area contributed by atoms with Crippen LogP contribution in [0.3, 0.4) is 0 Å². The van der Waals surface area contributed by atoms with E-state index in [2.05, 4.69) is 15.5 Å². The number of carbonyl (C=O) groups excluding carboxylic acids is 1. The summed E-state index contributed by atoms with van der Waals surface area (Å²) in [6, 6.07) is 12.2. The van der Waals surface area contributed by atoms with E-state index in [1.807, 2.05) is 18.2 Å². The first-order valence-corrected chi connectivity index (χ1v) is 8.84. The van der Waals surface area contributed by atoms with Gasteiger partial charge in [0.25, 0.3) is 5.56 Å². The Morgan fingerprint density at radius 3 is 2.64 bits per heavy atom. The number of hydrogen-bond acceptors (Lipinski definition) is 5. The number of fused-ring (bicyclic) bond motifs is 3. The fourth-order valence-corrected chi connectivity index (χ4v) is 3.40. The van der Waals surface area contributed by atoms with Gasteiger partial charge in [-0.2, -0.15) is 0 Å². The van der Waals surface area contributed by atoms with Gasteiger partial charge in [-0.15, -0.1) is 10.2 Å². The van der Waals surface area contributed by atoms with Crippen molar-refractivity contribution in [2.75, 3.05) is 12.4 Å². The van der Waals surface area contributed by atoms with Crippen molar-refractivity contribution in [2.45, 2.75) is 13.5 Å². The number of nitrogens with one attached hydrogen (secondary N) is 1. The van der Waals surface area contributed by atoms with Crippen molar-refractivity contribution >= 4 is 39.9 Å². The van der Waals surface area contributed by atoms with Crippen molar-refractivity contribution in [1.29, 1.82) is 0 Å². The zero-order valence-corrected chi connectivity index (χ0v) is 15.9. The summed E-state index contributed by atoms with van der Waals surface area (Å²) < 4.78 is 8.18. The summed E-state index contributed by atoms with van der Waals surface area (Å²) in [4.78, 5) is 25.5. The lowest BCUT2D eigenvalue weighted by molar-refractivity contribution is -0.116. The largest absolute Gasteiger partial charge is 0.495 e. The molecule has 9 heteroatoms. The summed E-state index contributed by atoms with van der Waals surface area (Å²) in [5, 5.41) is 11.1. The van der Waals surface area contributed by atoms with Gasteiger partial charge in [-0.05, 0) is 37.3 Å². The van der Waals surface area contributed by atoms with E-state index >= 15 is 0 Å². The van der Waals surface area contributed by atoms with E-state index in [1.165, 1.54) is 11.7 Å². The van der Waals surface area contributed by atoms with E-state index in [0.717, 1.165) is 5.52 Å². The molecule has 1 N–H and O–H groups in total. The Morgan fingerprint density at radius 2 is 1.93 bits per heavy atom. The lowest BCUT2D eigenvalue weighted by Gasteiger charge is -2.13. The minimum absolute atomic E-state index is 0.175. The molecule has 0 aliphatic carbocycles. The van der Waals surface area contributed by atoms with Crippen LogP contribution in [0.2, 0.25) is 5.02 Å². The number of nitrogens with zero attached hydrogens (tertiary/aromatic N) is 4. The monoisotopic (exact) mass is 397 g/mol. The first-order chi connectivity index (χ1) is 13.5. The standard InChI is InChI=1S/C19H16ClN5O3/c1-11-22-23-18-19(27)24(14-5-3-4-6-15(14)25(11)18)10-17(26)21-12-7-8-16(28-2)13(20)9-12/h3-9H,10H2,1-2H3,(H,21,26). The highest BCUT2D eigenvalue weighted by Crippen LogP contribution is 2.27. The third kappa shape index (κ3) is 2.97. The van der Waals surface area contributed by atoms with Crippen LogP contribution in [-0.2, 0) is 11.3 Å². The number of aryl methyl sites for hydroxylation is 1. The van der Waals surface area contributed by atoms with Gasteiger partial charge in [0.2, 0.25) is 11.6 Å². The zero-order valence-electron chi connectivity index (χ0n) is 15.1. The first-order valence-electron chi connectivity index (χ1n) is 8.46. The molecular weight excluding hydrogens is 382 g/mol. The second-order valence-electron chi connectivity index (χ2n) is 6.18. The minimum atomic E-state index is -0.387. The molecule has 0 aliphatic rings. The average Bonchev–Trinajstić information content (AvgIpc) is 3.07. The summed E-state index contributed by atoms with van der Waals surface area (Å²) in [5.41, 5.74) is 1.66. The van der Waals surface area contributed by atoms with Crippen molar-refractivity contribution in [3.8, 4) is 5.75 Å². The smallest absolute Gasteiger partial charge is 0.297 e. The molecule has 0 atom stereocenters. The topological polar surface area (TPSA) is 90.5 Å². The number of methoxy groups -OCH3 is 1. The van der Waals surface area contributed by atoms with Gasteiger partial charge in [-0.1, -0.05) is 23.7 Å². The van der Waals surface area contributed by atoms with Crippen LogP contribution < -0.4 is 15.6 Å². The van der Waals surface area contributed by atoms with Crippen molar-refractivity contribution in [1.82, 2.24) is 19.2 Å². The van der Waals surface area contributed by atoms with Crippen molar-refractivity contribution in [2.24, 2.45) is 0 Å². The number of amides is 1. The number of ether oxygens (including phenoxy) is 1. The number of aromatic nitrogens is 4. The van der Waals surface area contributed by atoms with Gasteiger partial charge in [-0.3, -0.25) is 18.6 Å². The molecule has 1 amide bonds. The summed E-state index contributed by atoms with van der Waals surface area (Å²) in [7, 11) is 1.51. The highest BCUT2D eigenvalue weighted by molar-refractivity contribution is 6.32. The maximum atomic E-state index is 12.9. The van der Waals surface area contributed by atoms with Gasteiger partial charge in [0.05, 0.1) is 23.2 Å². The van der Waals surface area contributed by atoms with E-state index < -0.39 is 0 Å². The predicted octanol–water partition coefficient (Wildman–Crippen LogP) is 2.65. The molecule has 2 aromatic carbocycles.